The minimum Gasteiger partial charge on any atom is -0.314 e. The van der Waals surface area contributed by atoms with E-state index in [1.165, 1.54) is 18.5 Å². The molecular formula is C11H19N3. The van der Waals surface area contributed by atoms with Crippen LogP contribution in [0.3, 0.4) is 0 Å². The van der Waals surface area contributed by atoms with Crippen LogP contribution in [0.15, 0.2) is 12.3 Å². The third-order valence-electron chi connectivity index (χ3n) is 2.63. The Balaban J connectivity index is 1.78. The molecule has 0 saturated heterocycles. The van der Waals surface area contributed by atoms with Crippen LogP contribution in [0.5, 0.6) is 0 Å². The molecule has 14 heavy (non-hydrogen) atoms. The molecular weight excluding hydrogens is 174 g/mol. The first-order chi connectivity index (χ1) is 6.90. The molecule has 1 aromatic heterocycles. The maximum absolute atomic E-state index is 4.31. The minimum absolute atomic E-state index is 0.817. The van der Waals surface area contributed by atoms with E-state index in [1.54, 1.807) is 0 Å². The summed E-state index contributed by atoms with van der Waals surface area (Å²) in [5, 5.41) is 7.83. The Bertz CT molecular complexity index is 276. The fraction of sp³-hybridized carbons (Fsp3) is 0.727. The highest BCUT2D eigenvalue weighted by molar-refractivity contribution is 5.01. The van der Waals surface area contributed by atoms with Crippen molar-refractivity contribution < 1.29 is 0 Å². The molecule has 0 aliphatic heterocycles. The Kier molecular flexibility index (Phi) is 3.19. The van der Waals surface area contributed by atoms with E-state index in [0.717, 1.165) is 32.0 Å². The average Bonchev–Trinajstić information content (AvgIpc) is 2.89. The van der Waals surface area contributed by atoms with Crippen LogP contribution in [0.4, 0.5) is 0 Å². The van der Waals surface area contributed by atoms with Crippen molar-refractivity contribution in [1.29, 1.82) is 0 Å². The minimum atomic E-state index is 0.817. The van der Waals surface area contributed by atoms with Crippen molar-refractivity contribution in [2.24, 2.45) is 0 Å². The van der Waals surface area contributed by atoms with Crippen molar-refractivity contribution >= 4 is 0 Å². The lowest BCUT2D eigenvalue weighted by Crippen LogP contribution is -2.20. The summed E-state index contributed by atoms with van der Waals surface area (Å²) >= 11 is 0. The molecule has 2 rings (SSSR count). The molecule has 3 nitrogen and oxygen atoms in total. The second-order valence-electron chi connectivity index (χ2n) is 4.02. The highest BCUT2D eigenvalue weighted by atomic mass is 15.3. The lowest BCUT2D eigenvalue weighted by Gasteiger charge is -2.06. The second kappa shape index (κ2) is 4.60. The molecule has 1 aliphatic carbocycles. The number of aromatic nitrogens is 2. The van der Waals surface area contributed by atoms with E-state index in [2.05, 4.69) is 28.1 Å². The van der Waals surface area contributed by atoms with Gasteiger partial charge in [0.05, 0.1) is 0 Å². The Morgan fingerprint density at radius 1 is 1.57 bits per heavy atom. The van der Waals surface area contributed by atoms with Crippen LogP contribution in [0, 0.1) is 0 Å². The van der Waals surface area contributed by atoms with Crippen LogP contribution in [-0.2, 0) is 13.0 Å². The molecule has 0 amide bonds. The van der Waals surface area contributed by atoms with Crippen molar-refractivity contribution in [3.63, 3.8) is 0 Å². The zero-order chi connectivity index (χ0) is 9.80. The van der Waals surface area contributed by atoms with Crippen LogP contribution in [-0.4, -0.2) is 22.4 Å². The quantitative estimate of drug-likeness (QED) is 0.743. The lowest BCUT2D eigenvalue weighted by molar-refractivity contribution is 0.561. The standard InChI is InChI=1S/C11H19N3/c1-2-9-14-11(6-8-13-14)5-7-12-10-3-4-10/h6,8,10,12H,2-5,7,9H2,1H3. The number of hydrogen-bond donors (Lipinski definition) is 1. The smallest absolute Gasteiger partial charge is 0.0492 e. The van der Waals surface area contributed by atoms with Crippen molar-refractivity contribution in [2.45, 2.75) is 45.2 Å². The summed E-state index contributed by atoms with van der Waals surface area (Å²) < 4.78 is 2.12. The molecule has 1 aliphatic rings. The van der Waals surface area contributed by atoms with Crippen molar-refractivity contribution in [1.82, 2.24) is 15.1 Å². The highest BCUT2D eigenvalue weighted by Gasteiger charge is 2.19. The molecule has 0 bridgehead atoms. The van der Waals surface area contributed by atoms with Gasteiger partial charge in [0.25, 0.3) is 0 Å². The third-order valence-corrected chi connectivity index (χ3v) is 2.63. The van der Waals surface area contributed by atoms with Crippen LogP contribution in [0.25, 0.3) is 0 Å². The molecule has 1 heterocycles. The first-order valence-electron chi connectivity index (χ1n) is 5.64. The molecule has 0 radical (unpaired) electrons. The largest absolute Gasteiger partial charge is 0.314 e. The molecule has 0 spiro atoms. The topological polar surface area (TPSA) is 29.9 Å². The number of aryl methyl sites for hydroxylation is 1. The summed E-state index contributed by atoms with van der Waals surface area (Å²) in [6.07, 6.45) is 6.91. The maximum atomic E-state index is 4.31. The Morgan fingerprint density at radius 2 is 2.43 bits per heavy atom. The maximum Gasteiger partial charge on any atom is 0.0492 e. The first kappa shape index (κ1) is 9.71. The van der Waals surface area contributed by atoms with E-state index in [9.17, 15) is 0 Å². The molecule has 0 atom stereocenters. The van der Waals surface area contributed by atoms with Gasteiger partial charge in [-0.3, -0.25) is 4.68 Å². The van der Waals surface area contributed by atoms with Gasteiger partial charge in [0.15, 0.2) is 0 Å². The predicted octanol–water partition coefficient (Wildman–Crippen LogP) is 1.59. The number of nitrogens with zero attached hydrogens (tertiary/aromatic N) is 2. The van der Waals surface area contributed by atoms with Crippen LogP contribution in [0.2, 0.25) is 0 Å². The number of hydrogen-bond acceptors (Lipinski definition) is 2. The molecule has 1 fully saturated rings. The fourth-order valence-electron chi connectivity index (χ4n) is 1.68. The Morgan fingerprint density at radius 3 is 3.14 bits per heavy atom. The summed E-state index contributed by atoms with van der Waals surface area (Å²) in [6.45, 7) is 4.33. The molecule has 3 heteroatoms. The van der Waals surface area contributed by atoms with E-state index in [1.807, 2.05) is 6.20 Å². The van der Waals surface area contributed by atoms with Gasteiger partial charge < -0.3 is 5.32 Å². The molecule has 0 aromatic carbocycles. The van der Waals surface area contributed by atoms with Gasteiger partial charge >= 0.3 is 0 Å². The Hall–Kier alpha value is -0.830. The summed E-state index contributed by atoms with van der Waals surface area (Å²) in [4.78, 5) is 0. The van der Waals surface area contributed by atoms with Crippen LogP contribution in [0.1, 0.15) is 31.9 Å². The van der Waals surface area contributed by atoms with Crippen molar-refractivity contribution in [3.8, 4) is 0 Å². The Labute approximate surface area is 85.5 Å². The van der Waals surface area contributed by atoms with Gasteiger partial charge in [0.1, 0.15) is 0 Å². The van der Waals surface area contributed by atoms with Crippen molar-refractivity contribution in [3.05, 3.63) is 18.0 Å². The van der Waals surface area contributed by atoms with E-state index < -0.39 is 0 Å². The van der Waals surface area contributed by atoms with Gasteiger partial charge in [-0.05, 0) is 25.3 Å². The van der Waals surface area contributed by atoms with Gasteiger partial charge in [0.2, 0.25) is 0 Å². The SMILES string of the molecule is CCCn1nccc1CCNC1CC1. The fourth-order valence-corrected chi connectivity index (χ4v) is 1.68. The van der Waals surface area contributed by atoms with E-state index in [0.29, 0.717) is 0 Å². The molecule has 0 unspecified atom stereocenters. The average molecular weight is 193 g/mol. The first-order valence-corrected chi connectivity index (χ1v) is 5.64. The summed E-state index contributed by atoms with van der Waals surface area (Å²) in [5.74, 6) is 0. The summed E-state index contributed by atoms with van der Waals surface area (Å²) in [5.41, 5.74) is 1.36. The van der Waals surface area contributed by atoms with Gasteiger partial charge in [-0.1, -0.05) is 6.92 Å². The van der Waals surface area contributed by atoms with E-state index >= 15 is 0 Å². The van der Waals surface area contributed by atoms with Crippen molar-refractivity contribution in [2.75, 3.05) is 6.54 Å². The summed E-state index contributed by atoms with van der Waals surface area (Å²) in [7, 11) is 0. The van der Waals surface area contributed by atoms with Gasteiger partial charge in [-0.25, -0.2) is 0 Å². The third kappa shape index (κ3) is 2.58. The normalized spacial score (nSPS) is 16.1. The molecule has 1 saturated carbocycles. The second-order valence-corrected chi connectivity index (χ2v) is 4.02. The number of rotatable bonds is 6. The zero-order valence-electron chi connectivity index (χ0n) is 8.87. The van der Waals surface area contributed by atoms with Crippen LogP contribution < -0.4 is 5.32 Å². The summed E-state index contributed by atoms with van der Waals surface area (Å²) in [6, 6.07) is 2.95. The lowest BCUT2D eigenvalue weighted by atomic mass is 10.3. The zero-order valence-corrected chi connectivity index (χ0v) is 8.87. The highest BCUT2D eigenvalue weighted by Crippen LogP contribution is 2.18. The van der Waals surface area contributed by atoms with Gasteiger partial charge in [0, 0.05) is 37.4 Å². The molecule has 1 aromatic rings. The van der Waals surface area contributed by atoms with E-state index in [-0.39, 0.29) is 0 Å². The molecule has 78 valence electrons. The monoisotopic (exact) mass is 193 g/mol. The van der Waals surface area contributed by atoms with Crippen LogP contribution >= 0.6 is 0 Å². The predicted molar refractivity (Wildman–Crippen MR) is 57.2 cm³/mol. The molecule has 1 N–H and O–H groups in total. The van der Waals surface area contributed by atoms with E-state index in [4.69, 9.17) is 0 Å². The van der Waals surface area contributed by atoms with Gasteiger partial charge in [-0.2, -0.15) is 5.10 Å². The number of nitrogens with one attached hydrogen (secondary N) is 1. The van der Waals surface area contributed by atoms with Gasteiger partial charge in [-0.15, -0.1) is 0 Å².